The monoisotopic (exact) mass is 181 g/mol. The standard InChI is InChI=1S/C8H6ClN2O/c1-10-6-4-2-3-5-7(6)11(9)8(10)12/h2,4-5H,1H3. The van der Waals surface area contributed by atoms with Crippen molar-refractivity contribution in [3.8, 4) is 0 Å². The molecule has 0 atom stereocenters. The molecule has 0 fully saturated rings. The number of hydrogen-bond acceptors (Lipinski definition) is 1. The van der Waals surface area contributed by atoms with Crippen LogP contribution in [0.4, 0.5) is 0 Å². The average Bonchev–Trinajstić information content (AvgIpc) is 2.33. The van der Waals surface area contributed by atoms with E-state index in [9.17, 15) is 4.79 Å². The molecule has 3 nitrogen and oxygen atoms in total. The van der Waals surface area contributed by atoms with Gasteiger partial charge in [-0.2, -0.15) is 0 Å². The van der Waals surface area contributed by atoms with Gasteiger partial charge in [-0.25, -0.2) is 8.88 Å². The Kier molecular flexibility index (Phi) is 1.48. The Bertz CT molecular complexity index is 441. The first kappa shape index (κ1) is 7.43. The van der Waals surface area contributed by atoms with Gasteiger partial charge >= 0.3 is 5.69 Å². The average molecular weight is 182 g/mol. The first-order chi connectivity index (χ1) is 5.72. The predicted octanol–water partition coefficient (Wildman–Crippen LogP) is 1.14. The van der Waals surface area contributed by atoms with Crippen molar-refractivity contribution in [1.29, 1.82) is 0 Å². The van der Waals surface area contributed by atoms with E-state index in [0.29, 0.717) is 5.52 Å². The fourth-order valence-electron chi connectivity index (χ4n) is 1.19. The van der Waals surface area contributed by atoms with Gasteiger partial charge in [-0.05, 0) is 18.2 Å². The highest BCUT2D eigenvalue weighted by atomic mass is 35.5. The summed E-state index contributed by atoms with van der Waals surface area (Å²) in [5.41, 5.74) is 1.27. The molecule has 0 aliphatic heterocycles. The number of hydrogen-bond donors (Lipinski definition) is 0. The molecule has 0 N–H and O–H groups in total. The summed E-state index contributed by atoms with van der Waals surface area (Å²) in [6.45, 7) is 0. The lowest BCUT2D eigenvalue weighted by Gasteiger charge is -1.89. The molecule has 0 aliphatic rings. The second kappa shape index (κ2) is 2.38. The maximum Gasteiger partial charge on any atom is 0.343 e. The SMILES string of the molecule is Cn1c(=O)n(Cl)c2c[c]ccc21. The predicted molar refractivity (Wildman–Crippen MR) is 47.3 cm³/mol. The summed E-state index contributed by atoms with van der Waals surface area (Å²) in [6, 6.07) is 8.09. The van der Waals surface area contributed by atoms with Gasteiger partial charge in [0.1, 0.15) is 0 Å². The molecular formula is C8H6ClN2O. The third-order valence-corrected chi connectivity index (χ3v) is 2.17. The molecule has 12 heavy (non-hydrogen) atoms. The van der Waals surface area contributed by atoms with Gasteiger partial charge in [0, 0.05) is 18.8 Å². The summed E-state index contributed by atoms with van der Waals surface area (Å²) in [5, 5.41) is 0. The highest BCUT2D eigenvalue weighted by molar-refractivity contribution is 6.18. The van der Waals surface area contributed by atoms with Crippen LogP contribution in [-0.2, 0) is 7.05 Å². The lowest BCUT2D eigenvalue weighted by atomic mass is 10.3. The van der Waals surface area contributed by atoms with Crippen LogP contribution in [0, 0.1) is 6.07 Å². The molecule has 2 rings (SSSR count). The molecule has 0 saturated carbocycles. The third kappa shape index (κ3) is 0.800. The normalized spacial score (nSPS) is 10.8. The molecule has 1 heterocycles. The van der Waals surface area contributed by atoms with Crippen LogP contribution in [0.25, 0.3) is 11.0 Å². The van der Waals surface area contributed by atoms with Crippen LogP contribution in [0.3, 0.4) is 0 Å². The molecule has 1 aromatic carbocycles. The number of aromatic nitrogens is 2. The number of halogens is 1. The Morgan fingerprint density at radius 1 is 1.50 bits per heavy atom. The lowest BCUT2D eigenvalue weighted by Crippen LogP contribution is -2.16. The summed E-state index contributed by atoms with van der Waals surface area (Å²) < 4.78 is 2.59. The minimum absolute atomic E-state index is 0.230. The van der Waals surface area contributed by atoms with Crippen molar-refractivity contribution in [1.82, 2.24) is 8.65 Å². The van der Waals surface area contributed by atoms with Gasteiger partial charge in [-0.1, -0.05) is 6.07 Å². The zero-order chi connectivity index (χ0) is 8.72. The molecule has 1 radical (unpaired) electrons. The van der Waals surface area contributed by atoms with Crippen molar-refractivity contribution in [2.45, 2.75) is 0 Å². The number of fused-ring (bicyclic) bond motifs is 1. The van der Waals surface area contributed by atoms with Crippen LogP contribution in [0.5, 0.6) is 0 Å². The van der Waals surface area contributed by atoms with Gasteiger partial charge in [0.2, 0.25) is 0 Å². The minimum atomic E-state index is -0.230. The van der Waals surface area contributed by atoms with E-state index in [4.69, 9.17) is 11.8 Å². The molecule has 4 heteroatoms. The Labute approximate surface area is 73.9 Å². The second-order valence-corrected chi connectivity index (χ2v) is 2.88. The molecule has 0 spiro atoms. The molecule has 0 saturated heterocycles. The first-order valence-corrected chi connectivity index (χ1v) is 3.79. The Morgan fingerprint density at radius 3 is 2.92 bits per heavy atom. The first-order valence-electron chi connectivity index (χ1n) is 3.45. The highest BCUT2D eigenvalue weighted by Crippen LogP contribution is 2.11. The van der Waals surface area contributed by atoms with E-state index in [0.717, 1.165) is 9.60 Å². The zero-order valence-electron chi connectivity index (χ0n) is 6.41. The molecule has 0 unspecified atom stereocenters. The highest BCUT2D eigenvalue weighted by Gasteiger charge is 2.06. The smallest absolute Gasteiger partial charge is 0.294 e. The fourth-order valence-corrected chi connectivity index (χ4v) is 1.44. The largest absolute Gasteiger partial charge is 0.343 e. The van der Waals surface area contributed by atoms with E-state index in [2.05, 4.69) is 6.07 Å². The summed E-state index contributed by atoms with van der Waals surface area (Å²) in [5.74, 6) is 0. The van der Waals surface area contributed by atoms with E-state index in [-0.39, 0.29) is 5.69 Å². The van der Waals surface area contributed by atoms with Crippen LogP contribution in [0.1, 0.15) is 0 Å². The topological polar surface area (TPSA) is 26.9 Å². The van der Waals surface area contributed by atoms with E-state index in [1.807, 2.05) is 0 Å². The van der Waals surface area contributed by atoms with E-state index < -0.39 is 0 Å². The lowest BCUT2D eigenvalue weighted by molar-refractivity contribution is 0.875. The van der Waals surface area contributed by atoms with Crippen molar-refractivity contribution in [2.75, 3.05) is 0 Å². The third-order valence-electron chi connectivity index (χ3n) is 1.85. The molecule has 0 amide bonds. The van der Waals surface area contributed by atoms with Gasteiger partial charge in [-0.3, -0.25) is 4.57 Å². The van der Waals surface area contributed by atoms with Crippen molar-refractivity contribution in [3.63, 3.8) is 0 Å². The van der Waals surface area contributed by atoms with E-state index >= 15 is 0 Å². The van der Waals surface area contributed by atoms with Gasteiger partial charge in [-0.15, -0.1) is 0 Å². The van der Waals surface area contributed by atoms with Crippen LogP contribution >= 0.6 is 11.8 Å². The molecule has 2 aromatic rings. The summed E-state index contributed by atoms with van der Waals surface area (Å²) in [4.78, 5) is 11.3. The van der Waals surface area contributed by atoms with Crippen LogP contribution in [0.15, 0.2) is 23.0 Å². The number of rotatable bonds is 0. The van der Waals surface area contributed by atoms with Crippen molar-refractivity contribution < 1.29 is 0 Å². The maximum atomic E-state index is 11.3. The second-order valence-electron chi connectivity index (χ2n) is 2.54. The maximum absolute atomic E-state index is 11.3. The summed E-state index contributed by atoms with van der Waals surface area (Å²) in [6.07, 6.45) is 0. The van der Waals surface area contributed by atoms with Gasteiger partial charge < -0.3 is 0 Å². The van der Waals surface area contributed by atoms with Crippen molar-refractivity contribution in [3.05, 3.63) is 34.7 Å². The summed E-state index contributed by atoms with van der Waals surface area (Å²) in [7, 11) is 1.68. The minimum Gasteiger partial charge on any atom is -0.294 e. The van der Waals surface area contributed by atoms with Crippen LogP contribution < -0.4 is 5.69 Å². The molecule has 0 aliphatic carbocycles. The van der Waals surface area contributed by atoms with E-state index in [1.54, 1.807) is 25.2 Å². The molecule has 61 valence electrons. The van der Waals surface area contributed by atoms with Crippen LogP contribution in [-0.4, -0.2) is 8.65 Å². The Hall–Kier alpha value is -1.22. The number of aryl methyl sites for hydroxylation is 1. The van der Waals surface area contributed by atoms with Crippen molar-refractivity contribution in [2.24, 2.45) is 7.05 Å². The number of nitrogens with zero attached hydrogens (tertiary/aromatic N) is 2. The molecular weight excluding hydrogens is 176 g/mol. The molecule has 0 bridgehead atoms. The van der Waals surface area contributed by atoms with E-state index in [1.165, 1.54) is 4.57 Å². The Morgan fingerprint density at radius 2 is 2.25 bits per heavy atom. The fraction of sp³-hybridized carbons (Fsp3) is 0.125. The Balaban J connectivity index is 3.09. The molecule has 1 aromatic heterocycles. The van der Waals surface area contributed by atoms with Gasteiger partial charge in [0.25, 0.3) is 0 Å². The van der Waals surface area contributed by atoms with Crippen LogP contribution in [0.2, 0.25) is 0 Å². The number of imidazole rings is 1. The zero-order valence-corrected chi connectivity index (χ0v) is 7.17. The van der Waals surface area contributed by atoms with Gasteiger partial charge in [0.15, 0.2) is 0 Å². The quantitative estimate of drug-likeness (QED) is 0.599. The van der Waals surface area contributed by atoms with Crippen molar-refractivity contribution >= 4 is 22.8 Å². The van der Waals surface area contributed by atoms with Gasteiger partial charge in [0.05, 0.1) is 11.0 Å². The summed E-state index contributed by atoms with van der Waals surface area (Å²) >= 11 is 5.71. The number of benzene rings is 1.